The smallest absolute Gasteiger partial charge is 0.262 e. The highest BCUT2D eigenvalue weighted by molar-refractivity contribution is 5.91. The number of rotatable bonds is 7. The van der Waals surface area contributed by atoms with E-state index in [0.29, 0.717) is 17.2 Å². The summed E-state index contributed by atoms with van der Waals surface area (Å²) in [5, 5.41) is 13.8. The summed E-state index contributed by atoms with van der Waals surface area (Å²) in [4.78, 5) is 12.2. The van der Waals surface area contributed by atoms with Crippen molar-refractivity contribution in [3.63, 3.8) is 0 Å². The first-order valence-electron chi connectivity index (χ1n) is 8.85. The summed E-state index contributed by atoms with van der Waals surface area (Å²) in [6.07, 6.45) is 1.48. The monoisotopic (exact) mass is 387 g/mol. The SMILES string of the molecule is O=C(COc1cccc(-n2cnnn2)c1)Nc1ccc(Oc2ccccc2)cc1. The fraction of sp³-hybridized carbons (Fsp3) is 0.0476. The molecule has 4 aromatic rings. The van der Waals surface area contributed by atoms with Crippen LogP contribution in [-0.2, 0) is 4.79 Å². The number of amides is 1. The van der Waals surface area contributed by atoms with Crippen molar-refractivity contribution in [1.82, 2.24) is 20.2 Å². The molecular formula is C21H17N5O3. The van der Waals surface area contributed by atoms with Crippen LogP contribution in [0.2, 0.25) is 0 Å². The Morgan fingerprint density at radius 3 is 2.41 bits per heavy atom. The van der Waals surface area contributed by atoms with Crippen molar-refractivity contribution >= 4 is 11.6 Å². The van der Waals surface area contributed by atoms with Gasteiger partial charge in [0, 0.05) is 11.8 Å². The molecule has 0 radical (unpaired) electrons. The van der Waals surface area contributed by atoms with Crippen LogP contribution in [-0.4, -0.2) is 32.7 Å². The maximum Gasteiger partial charge on any atom is 0.262 e. The Morgan fingerprint density at radius 2 is 1.66 bits per heavy atom. The molecule has 0 unspecified atom stereocenters. The van der Waals surface area contributed by atoms with Crippen LogP contribution in [0, 0.1) is 0 Å². The van der Waals surface area contributed by atoms with Crippen LogP contribution in [0.5, 0.6) is 17.2 Å². The number of anilines is 1. The predicted octanol–water partition coefficient (Wildman–Crippen LogP) is 3.47. The van der Waals surface area contributed by atoms with Crippen LogP contribution in [0.1, 0.15) is 0 Å². The van der Waals surface area contributed by atoms with Crippen LogP contribution in [0.15, 0.2) is 85.2 Å². The van der Waals surface area contributed by atoms with Gasteiger partial charge in [0.2, 0.25) is 0 Å². The summed E-state index contributed by atoms with van der Waals surface area (Å²) in [7, 11) is 0. The van der Waals surface area contributed by atoms with Gasteiger partial charge in [-0.3, -0.25) is 4.79 Å². The van der Waals surface area contributed by atoms with Crippen molar-refractivity contribution in [2.24, 2.45) is 0 Å². The number of ether oxygens (including phenoxy) is 2. The summed E-state index contributed by atoms with van der Waals surface area (Å²) in [5.41, 5.74) is 1.39. The van der Waals surface area contributed by atoms with Crippen molar-refractivity contribution in [2.75, 3.05) is 11.9 Å². The minimum atomic E-state index is -0.269. The quantitative estimate of drug-likeness (QED) is 0.522. The molecule has 0 bridgehead atoms. The Balaban J connectivity index is 1.30. The standard InChI is InChI=1S/C21H17N5O3/c27-21(14-28-20-8-4-5-17(13-20)26-15-22-24-25-26)23-16-9-11-19(12-10-16)29-18-6-2-1-3-7-18/h1-13,15H,14H2,(H,23,27). The maximum atomic E-state index is 12.2. The fourth-order valence-electron chi connectivity index (χ4n) is 2.57. The fourth-order valence-corrected chi connectivity index (χ4v) is 2.57. The van der Waals surface area contributed by atoms with E-state index in [1.807, 2.05) is 36.4 Å². The summed E-state index contributed by atoms with van der Waals surface area (Å²) < 4.78 is 12.8. The number of hydrogen-bond donors (Lipinski definition) is 1. The van der Waals surface area contributed by atoms with Crippen LogP contribution < -0.4 is 14.8 Å². The molecule has 8 heteroatoms. The van der Waals surface area contributed by atoms with Gasteiger partial charge in [0.25, 0.3) is 5.91 Å². The zero-order valence-corrected chi connectivity index (χ0v) is 15.3. The third-order valence-corrected chi connectivity index (χ3v) is 3.92. The molecule has 1 aromatic heterocycles. The molecule has 29 heavy (non-hydrogen) atoms. The second-order valence-electron chi connectivity index (χ2n) is 6.03. The zero-order chi connectivity index (χ0) is 19.9. The number of benzene rings is 3. The Labute approximate surface area is 166 Å². The number of carbonyl (C=O) groups excluding carboxylic acids is 1. The van der Waals surface area contributed by atoms with Gasteiger partial charge >= 0.3 is 0 Å². The minimum Gasteiger partial charge on any atom is -0.484 e. The predicted molar refractivity (Wildman–Crippen MR) is 106 cm³/mol. The number of nitrogens with one attached hydrogen (secondary N) is 1. The average Bonchev–Trinajstić information content (AvgIpc) is 3.30. The van der Waals surface area contributed by atoms with E-state index < -0.39 is 0 Å². The van der Waals surface area contributed by atoms with E-state index in [2.05, 4.69) is 20.8 Å². The van der Waals surface area contributed by atoms with Crippen molar-refractivity contribution in [2.45, 2.75) is 0 Å². The molecule has 0 aliphatic carbocycles. The Hall–Kier alpha value is -4.20. The zero-order valence-electron chi connectivity index (χ0n) is 15.3. The minimum absolute atomic E-state index is 0.124. The van der Waals surface area contributed by atoms with Crippen molar-refractivity contribution in [3.05, 3.63) is 85.2 Å². The summed E-state index contributed by atoms with van der Waals surface area (Å²) in [6.45, 7) is -0.124. The second kappa shape index (κ2) is 8.66. The third-order valence-electron chi connectivity index (χ3n) is 3.92. The first-order chi connectivity index (χ1) is 14.3. The highest BCUT2D eigenvalue weighted by Gasteiger charge is 2.06. The van der Waals surface area contributed by atoms with E-state index in [9.17, 15) is 4.79 Å². The van der Waals surface area contributed by atoms with E-state index >= 15 is 0 Å². The van der Waals surface area contributed by atoms with Gasteiger partial charge < -0.3 is 14.8 Å². The molecular weight excluding hydrogens is 370 g/mol. The van der Waals surface area contributed by atoms with Crippen LogP contribution in [0.25, 0.3) is 5.69 Å². The van der Waals surface area contributed by atoms with Gasteiger partial charge in [0.15, 0.2) is 6.61 Å². The van der Waals surface area contributed by atoms with Gasteiger partial charge in [0.05, 0.1) is 5.69 Å². The second-order valence-corrected chi connectivity index (χ2v) is 6.03. The van der Waals surface area contributed by atoms with Crippen LogP contribution in [0.3, 0.4) is 0 Å². The highest BCUT2D eigenvalue weighted by Crippen LogP contribution is 2.22. The van der Waals surface area contributed by atoms with Crippen molar-refractivity contribution in [3.8, 4) is 22.9 Å². The van der Waals surface area contributed by atoms with Crippen LogP contribution >= 0.6 is 0 Å². The Kier molecular flexibility index (Phi) is 5.43. The molecule has 3 aromatic carbocycles. The lowest BCUT2D eigenvalue weighted by atomic mass is 10.3. The number of para-hydroxylation sites is 1. The average molecular weight is 387 g/mol. The van der Waals surface area contributed by atoms with Gasteiger partial charge in [-0.05, 0) is 59.0 Å². The molecule has 0 fully saturated rings. The molecule has 144 valence electrons. The molecule has 0 saturated heterocycles. The van der Waals surface area contributed by atoms with Gasteiger partial charge in [-0.1, -0.05) is 24.3 Å². The Bertz CT molecular complexity index is 1070. The lowest BCUT2D eigenvalue weighted by Crippen LogP contribution is -2.20. The number of carbonyl (C=O) groups is 1. The van der Waals surface area contributed by atoms with Gasteiger partial charge in [-0.2, -0.15) is 0 Å². The number of tetrazole rings is 1. The summed E-state index contributed by atoms with van der Waals surface area (Å²) >= 11 is 0. The van der Waals surface area contributed by atoms with Crippen LogP contribution in [0.4, 0.5) is 5.69 Å². The summed E-state index contributed by atoms with van der Waals surface area (Å²) in [6, 6.07) is 23.8. The van der Waals surface area contributed by atoms with E-state index in [1.54, 1.807) is 42.5 Å². The molecule has 0 saturated carbocycles. The van der Waals surface area contributed by atoms with E-state index in [0.717, 1.165) is 11.4 Å². The molecule has 1 heterocycles. The van der Waals surface area contributed by atoms with Crippen molar-refractivity contribution < 1.29 is 14.3 Å². The maximum absolute atomic E-state index is 12.2. The number of aromatic nitrogens is 4. The molecule has 0 spiro atoms. The van der Waals surface area contributed by atoms with E-state index in [-0.39, 0.29) is 12.5 Å². The van der Waals surface area contributed by atoms with E-state index in [1.165, 1.54) is 11.0 Å². The molecule has 1 amide bonds. The lowest BCUT2D eigenvalue weighted by Gasteiger charge is -2.10. The molecule has 0 aliphatic heterocycles. The normalized spacial score (nSPS) is 10.3. The molecule has 8 nitrogen and oxygen atoms in total. The highest BCUT2D eigenvalue weighted by atomic mass is 16.5. The van der Waals surface area contributed by atoms with Gasteiger partial charge in [-0.25, -0.2) is 4.68 Å². The van der Waals surface area contributed by atoms with Gasteiger partial charge in [-0.15, -0.1) is 5.10 Å². The molecule has 0 atom stereocenters. The number of hydrogen-bond acceptors (Lipinski definition) is 6. The van der Waals surface area contributed by atoms with E-state index in [4.69, 9.17) is 9.47 Å². The first-order valence-corrected chi connectivity index (χ1v) is 8.85. The van der Waals surface area contributed by atoms with Crippen molar-refractivity contribution in [1.29, 1.82) is 0 Å². The first kappa shape index (κ1) is 18.2. The van der Waals surface area contributed by atoms with Gasteiger partial charge in [0.1, 0.15) is 23.6 Å². The topological polar surface area (TPSA) is 91.2 Å². The lowest BCUT2D eigenvalue weighted by molar-refractivity contribution is -0.118. The molecule has 4 rings (SSSR count). The largest absolute Gasteiger partial charge is 0.484 e. The Morgan fingerprint density at radius 1 is 0.897 bits per heavy atom. The third kappa shape index (κ3) is 4.95. The summed E-state index contributed by atoms with van der Waals surface area (Å²) in [5.74, 6) is 1.71. The molecule has 1 N–H and O–H groups in total. The number of nitrogens with zero attached hydrogens (tertiary/aromatic N) is 4. The molecule has 0 aliphatic rings.